The highest BCUT2D eigenvalue weighted by atomic mass is 79.9. The lowest BCUT2D eigenvalue weighted by Crippen LogP contribution is -1.97. The molecule has 1 aromatic carbocycles. The molecule has 1 aliphatic heterocycles. The Morgan fingerprint density at radius 1 is 1.05 bits per heavy atom. The molecule has 3 nitrogen and oxygen atoms in total. The summed E-state index contributed by atoms with van der Waals surface area (Å²) in [4.78, 5) is -0.0582. The second-order valence-electron chi connectivity index (χ2n) is 4.26. The standard InChI is InChI=1S/C14H12BrClO3/c15-14(11-4-5-13(16)19-11)9-2-3-10-12(8-9)18-7-1-6-17-10/h2-5,8,14H,1,6-7H2. The van der Waals surface area contributed by atoms with Gasteiger partial charge in [-0.15, -0.1) is 0 Å². The van der Waals surface area contributed by atoms with Crippen LogP contribution in [0.25, 0.3) is 0 Å². The van der Waals surface area contributed by atoms with Crippen molar-refractivity contribution in [2.75, 3.05) is 13.2 Å². The van der Waals surface area contributed by atoms with Crippen LogP contribution in [0, 0.1) is 0 Å². The summed E-state index contributed by atoms with van der Waals surface area (Å²) in [6.45, 7) is 1.37. The zero-order valence-electron chi connectivity index (χ0n) is 10.1. The third kappa shape index (κ3) is 2.74. The Labute approximate surface area is 124 Å². The van der Waals surface area contributed by atoms with Gasteiger partial charge in [-0.1, -0.05) is 22.0 Å². The molecule has 100 valence electrons. The van der Waals surface area contributed by atoms with Gasteiger partial charge in [-0.25, -0.2) is 0 Å². The summed E-state index contributed by atoms with van der Waals surface area (Å²) in [7, 11) is 0. The molecule has 0 spiro atoms. The van der Waals surface area contributed by atoms with E-state index in [1.165, 1.54) is 0 Å². The maximum absolute atomic E-state index is 5.80. The lowest BCUT2D eigenvalue weighted by Gasteiger charge is -2.12. The van der Waals surface area contributed by atoms with Crippen molar-refractivity contribution >= 4 is 27.5 Å². The number of benzene rings is 1. The molecule has 0 bridgehead atoms. The highest BCUT2D eigenvalue weighted by molar-refractivity contribution is 9.09. The molecule has 1 aliphatic rings. The number of alkyl halides is 1. The highest BCUT2D eigenvalue weighted by Crippen LogP contribution is 2.38. The zero-order valence-corrected chi connectivity index (χ0v) is 12.4. The maximum atomic E-state index is 5.80. The number of halogens is 2. The monoisotopic (exact) mass is 342 g/mol. The molecule has 0 radical (unpaired) electrons. The molecule has 0 aliphatic carbocycles. The number of fused-ring (bicyclic) bond motifs is 1. The largest absolute Gasteiger partial charge is 0.490 e. The van der Waals surface area contributed by atoms with Gasteiger partial charge in [-0.2, -0.15) is 0 Å². The summed E-state index contributed by atoms with van der Waals surface area (Å²) in [5.74, 6) is 2.33. The van der Waals surface area contributed by atoms with Crippen LogP contribution in [-0.2, 0) is 0 Å². The summed E-state index contributed by atoms with van der Waals surface area (Å²) in [6.07, 6.45) is 0.898. The van der Waals surface area contributed by atoms with Gasteiger partial charge in [0.2, 0.25) is 0 Å². The summed E-state index contributed by atoms with van der Waals surface area (Å²) < 4.78 is 16.7. The predicted octanol–water partition coefficient (Wildman–Crippen LogP) is 4.58. The Morgan fingerprint density at radius 3 is 2.58 bits per heavy atom. The van der Waals surface area contributed by atoms with E-state index in [2.05, 4.69) is 15.9 Å². The van der Waals surface area contributed by atoms with Crippen molar-refractivity contribution < 1.29 is 13.9 Å². The third-order valence-corrected chi connectivity index (χ3v) is 4.09. The lowest BCUT2D eigenvalue weighted by molar-refractivity contribution is 0.297. The lowest BCUT2D eigenvalue weighted by atomic mass is 10.1. The van der Waals surface area contributed by atoms with Crippen molar-refractivity contribution in [2.24, 2.45) is 0 Å². The van der Waals surface area contributed by atoms with Crippen LogP contribution in [0.2, 0.25) is 5.22 Å². The van der Waals surface area contributed by atoms with Gasteiger partial charge >= 0.3 is 0 Å². The Balaban J connectivity index is 1.91. The van der Waals surface area contributed by atoms with Crippen LogP contribution in [0.15, 0.2) is 34.7 Å². The van der Waals surface area contributed by atoms with Gasteiger partial charge in [-0.05, 0) is 41.4 Å². The number of furan rings is 1. The van der Waals surface area contributed by atoms with Gasteiger partial charge in [0, 0.05) is 6.42 Å². The first-order chi connectivity index (χ1) is 9.24. The first kappa shape index (κ1) is 12.9. The zero-order chi connectivity index (χ0) is 13.2. The van der Waals surface area contributed by atoms with Crippen LogP contribution in [0.5, 0.6) is 11.5 Å². The normalized spacial score (nSPS) is 15.9. The first-order valence-corrected chi connectivity index (χ1v) is 7.32. The quantitative estimate of drug-likeness (QED) is 0.748. The fourth-order valence-corrected chi connectivity index (χ4v) is 2.65. The van der Waals surface area contributed by atoms with E-state index >= 15 is 0 Å². The summed E-state index contributed by atoms with van der Waals surface area (Å²) >= 11 is 9.40. The minimum atomic E-state index is -0.0582. The van der Waals surface area contributed by atoms with Crippen molar-refractivity contribution in [3.05, 3.63) is 46.9 Å². The highest BCUT2D eigenvalue weighted by Gasteiger charge is 2.18. The molecule has 0 amide bonds. The second-order valence-corrected chi connectivity index (χ2v) is 5.55. The fraction of sp³-hybridized carbons (Fsp3) is 0.286. The van der Waals surface area contributed by atoms with Gasteiger partial charge in [0.1, 0.15) is 5.76 Å². The molecular formula is C14H12BrClO3. The van der Waals surface area contributed by atoms with Crippen molar-refractivity contribution in [3.63, 3.8) is 0 Å². The molecule has 19 heavy (non-hydrogen) atoms. The summed E-state index contributed by atoms with van der Waals surface area (Å²) in [6, 6.07) is 9.47. The topological polar surface area (TPSA) is 31.6 Å². The third-order valence-electron chi connectivity index (χ3n) is 2.91. The van der Waals surface area contributed by atoms with Crippen LogP contribution in [0.4, 0.5) is 0 Å². The minimum absolute atomic E-state index is 0.0582. The minimum Gasteiger partial charge on any atom is -0.490 e. The van der Waals surface area contributed by atoms with Crippen LogP contribution < -0.4 is 9.47 Å². The molecule has 1 unspecified atom stereocenters. The number of hydrogen-bond acceptors (Lipinski definition) is 3. The molecule has 1 atom stereocenters. The average molecular weight is 344 g/mol. The number of rotatable bonds is 2. The van der Waals surface area contributed by atoms with Gasteiger partial charge in [-0.3, -0.25) is 0 Å². The van der Waals surface area contributed by atoms with E-state index in [-0.39, 0.29) is 4.83 Å². The Kier molecular flexibility index (Phi) is 3.71. The number of ether oxygens (including phenoxy) is 2. The van der Waals surface area contributed by atoms with Crippen molar-refractivity contribution in [3.8, 4) is 11.5 Å². The SMILES string of the molecule is Clc1ccc(C(Br)c2ccc3c(c2)OCCCO3)o1. The molecule has 0 fully saturated rings. The van der Waals surface area contributed by atoms with Crippen molar-refractivity contribution in [2.45, 2.75) is 11.2 Å². The molecule has 2 aromatic rings. The Bertz CT molecular complexity index is 582. The second kappa shape index (κ2) is 5.47. The molecule has 2 heterocycles. The van der Waals surface area contributed by atoms with E-state index < -0.39 is 0 Å². The van der Waals surface area contributed by atoms with E-state index in [1.807, 2.05) is 24.3 Å². The van der Waals surface area contributed by atoms with Gasteiger partial charge in [0.25, 0.3) is 0 Å². The Hall–Kier alpha value is -1.13. The first-order valence-electron chi connectivity index (χ1n) is 6.03. The maximum Gasteiger partial charge on any atom is 0.193 e. The van der Waals surface area contributed by atoms with Crippen molar-refractivity contribution in [1.82, 2.24) is 0 Å². The number of hydrogen-bond donors (Lipinski definition) is 0. The van der Waals surface area contributed by atoms with Gasteiger partial charge in [0.15, 0.2) is 16.7 Å². The molecule has 3 rings (SSSR count). The van der Waals surface area contributed by atoms with Crippen molar-refractivity contribution in [1.29, 1.82) is 0 Å². The van der Waals surface area contributed by atoms with E-state index in [0.29, 0.717) is 18.4 Å². The van der Waals surface area contributed by atoms with Gasteiger partial charge in [0.05, 0.1) is 18.0 Å². The van der Waals surface area contributed by atoms with E-state index in [1.54, 1.807) is 6.07 Å². The van der Waals surface area contributed by atoms with Crippen LogP contribution in [-0.4, -0.2) is 13.2 Å². The van der Waals surface area contributed by atoms with Gasteiger partial charge < -0.3 is 13.9 Å². The van der Waals surface area contributed by atoms with Crippen LogP contribution >= 0.6 is 27.5 Å². The Morgan fingerprint density at radius 2 is 1.84 bits per heavy atom. The van der Waals surface area contributed by atoms with Crippen LogP contribution in [0.1, 0.15) is 22.6 Å². The van der Waals surface area contributed by atoms with Crippen LogP contribution in [0.3, 0.4) is 0 Å². The van der Waals surface area contributed by atoms with E-state index in [0.717, 1.165) is 29.2 Å². The molecule has 0 saturated heterocycles. The molecular weight excluding hydrogens is 332 g/mol. The molecule has 1 aromatic heterocycles. The molecule has 0 saturated carbocycles. The smallest absolute Gasteiger partial charge is 0.193 e. The molecule has 0 N–H and O–H groups in total. The predicted molar refractivity (Wildman–Crippen MR) is 76.5 cm³/mol. The average Bonchev–Trinajstić information content (AvgIpc) is 2.72. The molecule has 5 heteroatoms. The fourth-order valence-electron chi connectivity index (χ4n) is 1.97. The summed E-state index contributed by atoms with van der Waals surface area (Å²) in [5, 5.41) is 0.383. The summed E-state index contributed by atoms with van der Waals surface area (Å²) in [5.41, 5.74) is 1.04. The van der Waals surface area contributed by atoms with E-state index in [4.69, 9.17) is 25.5 Å². The van der Waals surface area contributed by atoms with E-state index in [9.17, 15) is 0 Å².